The van der Waals surface area contributed by atoms with Crippen molar-refractivity contribution in [2.75, 3.05) is 14.2 Å². The first-order valence-electron chi connectivity index (χ1n) is 8.64. The Bertz CT molecular complexity index is 730. The molecule has 0 spiro atoms. The van der Waals surface area contributed by atoms with E-state index in [1.54, 1.807) is 26.4 Å². The number of hydrogen-bond donors (Lipinski definition) is 1. The Balaban J connectivity index is 2.06. The lowest BCUT2D eigenvalue weighted by atomic mass is 10.1. The van der Waals surface area contributed by atoms with Crippen molar-refractivity contribution in [2.24, 2.45) is 0 Å². The standard InChI is InChI=1S/C21H27NO4/c1-14(2)26-13-17-8-6-7-16(9-17)12-22-21(23)18-10-19(24-4)15(3)20(11-18)25-5/h6-11,14H,12-13H2,1-5H3,(H,22,23). The largest absolute Gasteiger partial charge is 0.496 e. The average molecular weight is 357 g/mol. The van der Waals surface area contributed by atoms with Crippen molar-refractivity contribution >= 4 is 5.91 Å². The van der Waals surface area contributed by atoms with Crippen molar-refractivity contribution in [3.63, 3.8) is 0 Å². The van der Waals surface area contributed by atoms with Crippen molar-refractivity contribution in [2.45, 2.75) is 40.0 Å². The van der Waals surface area contributed by atoms with Gasteiger partial charge in [-0.15, -0.1) is 0 Å². The molecule has 0 unspecified atom stereocenters. The molecule has 140 valence electrons. The van der Waals surface area contributed by atoms with Gasteiger partial charge >= 0.3 is 0 Å². The fraction of sp³-hybridized carbons (Fsp3) is 0.381. The fourth-order valence-corrected chi connectivity index (χ4v) is 2.59. The van der Waals surface area contributed by atoms with Gasteiger partial charge in [0.15, 0.2) is 0 Å². The minimum atomic E-state index is -0.176. The number of nitrogens with one attached hydrogen (secondary N) is 1. The normalized spacial score (nSPS) is 10.7. The quantitative estimate of drug-likeness (QED) is 0.779. The lowest BCUT2D eigenvalue weighted by molar-refractivity contribution is 0.0657. The predicted molar refractivity (Wildman–Crippen MR) is 102 cm³/mol. The van der Waals surface area contributed by atoms with Crippen LogP contribution in [-0.4, -0.2) is 26.2 Å². The van der Waals surface area contributed by atoms with Crippen LogP contribution < -0.4 is 14.8 Å². The topological polar surface area (TPSA) is 56.8 Å². The number of amides is 1. The second-order valence-electron chi connectivity index (χ2n) is 6.37. The summed E-state index contributed by atoms with van der Waals surface area (Å²) < 4.78 is 16.3. The summed E-state index contributed by atoms with van der Waals surface area (Å²) in [6.45, 7) is 6.91. The van der Waals surface area contributed by atoms with Gasteiger partial charge < -0.3 is 19.5 Å². The van der Waals surface area contributed by atoms with E-state index in [0.29, 0.717) is 30.2 Å². The van der Waals surface area contributed by atoms with E-state index in [0.717, 1.165) is 16.7 Å². The van der Waals surface area contributed by atoms with Crippen molar-refractivity contribution in [3.8, 4) is 11.5 Å². The molecule has 5 heteroatoms. The molecule has 0 aliphatic rings. The second kappa shape index (κ2) is 9.25. The first-order valence-corrected chi connectivity index (χ1v) is 8.64. The third-order valence-corrected chi connectivity index (χ3v) is 4.04. The Hall–Kier alpha value is -2.53. The first-order chi connectivity index (χ1) is 12.4. The monoisotopic (exact) mass is 357 g/mol. The van der Waals surface area contributed by atoms with Crippen molar-refractivity contribution in [1.82, 2.24) is 5.32 Å². The number of hydrogen-bond acceptors (Lipinski definition) is 4. The summed E-state index contributed by atoms with van der Waals surface area (Å²) in [7, 11) is 3.16. The molecule has 0 aliphatic heterocycles. The van der Waals surface area contributed by atoms with E-state index in [1.165, 1.54) is 0 Å². The highest BCUT2D eigenvalue weighted by molar-refractivity contribution is 5.95. The van der Waals surface area contributed by atoms with Crippen LogP contribution in [0.25, 0.3) is 0 Å². The lowest BCUT2D eigenvalue weighted by Gasteiger charge is -2.13. The zero-order chi connectivity index (χ0) is 19.1. The minimum absolute atomic E-state index is 0.176. The molecule has 26 heavy (non-hydrogen) atoms. The van der Waals surface area contributed by atoms with E-state index in [9.17, 15) is 4.79 Å². The summed E-state index contributed by atoms with van der Waals surface area (Å²) in [5.74, 6) is 1.08. The SMILES string of the molecule is COc1cc(C(=O)NCc2cccc(COC(C)C)c2)cc(OC)c1C. The molecule has 0 bridgehead atoms. The molecule has 0 aromatic heterocycles. The number of carbonyl (C=O) groups excluding carboxylic acids is 1. The lowest BCUT2D eigenvalue weighted by Crippen LogP contribution is -2.23. The molecule has 0 heterocycles. The molecule has 0 aliphatic carbocycles. The third-order valence-electron chi connectivity index (χ3n) is 4.04. The highest BCUT2D eigenvalue weighted by atomic mass is 16.5. The second-order valence-corrected chi connectivity index (χ2v) is 6.37. The van der Waals surface area contributed by atoms with Gasteiger partial charge in [0.2, 0.25) is 0 Å². The molecule has 0 saturated carbocycles. The number of benzene rings is 2. The fourth-order valence-electron chi connectivity index (χ4n) is 2.59. The Kier molecular flexibility index (Phi) is 7.04. The molecule has 0 fully saturated rings. The van der Waals surface area contributed by atoms with Gasteiger partial charge in [0.05, 0.1) is 26.9 Å². The Morgan fingerprint density at radius 2 is 1.65 bits per heavy atom. The van der Waals surface area contributed by atoms with E-state index in [2.05, 4.69) is 5.32 Å². The van der Waals surface area contributed by atoms with Crippen LogP contribution in [0.5, 0.6) is 11.5 Å². The van der Waals surface area contributed by atoms with Crippen molar-refractivity contribution in [3.05, 3.63) is 58.7 Å². The van der Waals surface area contributed by atoms with Gasteiger partial charge in [-0.1, -0.05) is 24.3 Å². The van der Waals surface area contributed by atoms with Gasteiger partial charge in [-0.3, -0.25) is 4.79 Å². The number of ether oxygens (including phenoxy) is 3. The zero-order valence-electron chi connectivity index (χ0n) is 16.1. The van der Waals surface area contributed by atoms with Crippen LogP contribution in [0, 0.1) is 6.92 Å². The molecular weight excluding hydrogens is 330 g/mol. The third kappa shape index (κ3) is 5.23. The predicted octanol–water partition coefficient (Wildman–Crippen LogP) is 3.87. The van der Waals surface area contributed by atoms with Gasteiger partial charge in [0.25, 0.3) is 5.91 Å². The maximum Gasteiger partial charge on any atom is 0.251 e. The molecular formula is C21H27NO4. The smallest absolute Gasteiger partial charge is 0.251 e. The molecule has 0 atom stereocenters. The van der Waals surface area contributed by atoms with Crippen LogP contribution in [0.4, 0.5) is 0 Å². The molecule has 2 aromatic rings. The van der Waals surface area contributed by atoms with E-state index >= 15 is 0 Å². The zero-order valence-corrected chi connectivity index (χ0v) is 16.1. The highest BCUT2D eigenvalue weighted by Crippen LogP contribution is 2.29. The molecule has 2 rings (SSSR count). The van der Waals surface area contributed by atoms with E-state index < -0.39 is 0 Å². The van der Waals surface area contributed by atoms with Crippen LogP contribution in [0.2, 0.25) is 0 Å². The summed E-state index contributed by atoms with van der Waals surface area (Å²) in [4.78, 5) is 12.5. The maximum atomic E-state index is 12.5. The van der Waals surface area contributed by atoms with Crippen LogP contribution >= 0.6 is 0 Å². The Morgan fingerprint density at radius 1 is 1.04 bits per heavy atom. The van der Waals surface area contributed by atoms with Crippen LogP contribution in [0.3, 0.4) is 0 Å². The van der Waals surface area contributed by atoms with Gasteiger partial charge in [-0.2, -0.15) is 0 Å². The number of carbonyl (C=O) groups is 1. The van der Waals surface area contributed by atoms with Gasteiger partial charge in [0.1, 0.15) is 11.5 Å². The van der Waals surface area contributed by atoms with Crippen LogP contribution in [0.1, 0.15) is 40.9 Å². The molecule has 0 radical (unpaired) electrons. The van der Waals surface area contributed by atoms with Crippen molar-refractivity contribution in [1.29, 1.82) is 0 Å². The van der Waals surface area contributed by atoms with Gasteiger partial charge in [-0.25, -0.2) is 0 Å². The Labute approximate surface area is 155 Å². The highest BCUT2D eigenvalue weighted by Gasteiger charge is 2.13. The number of methoxy groups -OCH3 is 2. The Morgan fingerprint density at radius 3 is 2.23 bits per heavy atom. The summed E-state index contributed by atoms with van der Waals surface area (Å²) >= 11 is 0. The molecule has 5 nitrogen and oxygen atoms in total. The van der Waals surface area contributed by atoms with Crippen molar-refractivity contribution < 1.29 is 19.0 Å². The van der Waals surface area contributed by atoms with Gasteiger partial charge in [0, 0.05) is 17.7 Å². The maximum absolute atomic E-state index is 12.5. The summed E-state index contributed by atoms with van der Waals surface area (Å²) in [5.41, 5.74) is 3.48. The van der Waals surface area contributed by atoms with Crippen LogP contribution in [0.15, 0.2) is 36.4 Å². The van der Waals surface area contributed by atoms with Gasteiger partial charge in [-0.05, 0) is 44.0 Å². The molecule has 1 N–H and O–H groups in total. The minimum Gasteiger partial charge on any atom is -0.496 e. The average Bonchev–Trinajstić information content (AvgIpc) is 2.65. The molecule has 1 amide bonds. The van der Waals surface area contributed by atoms with E-state index in [-0.39, 0.29) is 12.0 Å². The first kappa shape index (κ1) is 19.8. The van der Waals surface area contributed by atoms with E-state index in [1.807, 2.05) is 45.0 Å². The molecule has 2 aromatic carbocycles. The number of rotatable bonds is 8. The van der Waals surface area contributed by atoms with Crippen LogP contribution in [-0.2, 0) is 17.9 Å². The summed E-state index contributed by atoms with van der Waals surface area (Å²) in [5, 5.41) is 2.94. The van der Waals surface area contributed by atoms with E-state index in [4.69, 9.17) is 14.2 Å². The molecule has 0 saturated heterocycles. The summed E-state index contributed by atoms with van der Waals surface area (Å²) in [6.07, 6.45) is 0.185. The summed E-state index contributed by atoms with van der Waals surface area (Å²) in [6, 6.07) is 11.5.